The third-order valence-corrected chi connectivity index (χ3v) is 4.11. The summed E-state index contributed by atoms with van der Waals surface area (Å²) < 4.78 is 0. The number of likely N-dealkylation sites (N-methyl/N-ethyl adjacent to an activating group) is 1. The van der Waals surface area contributed by atoms with Crippen molar-refractivity contribution < 1.29 is 5.11 Å². The molecule has 0 spiro atoms. The molecule has 16 heavy (non-hydrogen) atoms. The molecule has 1 saturated carbocycles. The summed E-state index contributed by atoms with van der Waals surface area (Å²) in [7, 11) is 2.16. The topological polar surface area (TPSA) is 23.5 Å². The maximum atomic E-state index is 9.95. The molecule has 0 aromatic heterocycles. The van der Waals surface area contributed by atoms with Crippen molar-refractivity contribution >= 4 is 12.6 Å². The zero-order valence-corrected chi connectivity index (χ0v) is 11.6. The van der Waals surface area contributed by atoms with Crippen LogP contribution >= 0.6 is 12.6 Å². The molecule has 0 amide bonds. The van der Waals surface area contributed by atoms with Crippen LogP contribution in [0.5, 0.6) is 0 Å². The van der Waals surface area contributed by atoms with E-state index in [9.17, 15) is 5.11 Å². The van der Waals surface area contributed by atoms with E-state index >= 15 is 0 Å². The van der Waals surface area contributed by atoms with Crippen molar-refractivity contribution in [3.63, 3.8) is 0 Å². The third-order valence-electron chi connectivity index (χ3n) is 3.86. The van der Waals surface area contributed by atoms with Crippen molar-refractivity contribution in [1.29, 1.82) is 0 Å². The largest absolute Gasteiger partial charge is 0.391 e. The Kier molecular flexibility index (Phi) is 6.78. The fraction of sp³-hybridized carbons (Fsp3) is 1.00. The van der Waals surface area contributed by atoms with Gasteiger partial charge in [0.05, 0.1) is 6.10 Å². The molecule has 0 bridgehead atoms. The molecule has 3 unspecified atom stereocenters. The van der Waals surface area contributed by atoms with Gasteiger partial charge < -0.3 is 10.0 Å². The normalized spacial score (nSPS) is 28.3. The van der Waals surface area contributed by atoms with Gasteiger partial charge in [-0.05, 0) is 50.9 Å². The lowest BCUT2D eigenvalue weighted by atomic mass is 9.91. The molecule has 1 aliphatic rings. The van der Waals surface area contributed by atoms with Gasteiger partial charge in [-0.2, -0.15) is 12.6 Å². The van der Waals surface area contributed by atoms with Gasteiger partial charge in [0.1, 0.15) is 0 Å². The Morgan fingerprint density at radius 1 is 1.31 bits per heavy atom. The standard InChI is InChI=1S/C13H27NOS/c1-11(8-10-16)7-9-14(2)12-5-3-4-6-13(12)15/h11-13,15-16H,3-10H2,1-2H3. The van der Waals surface area contributed by atoms with Crippen LogP contribution < -0.4 is 0 Å². The summed E-state index contributed by atoms with van der Waals surface area (Å²) in [6.45, 7) is 3.40. The van der Waals surface area contributed by atoms with Crippen LogP contribution in [0.15, 0.2) is 0 Å². The first-order chi connectivity index (χ1) is 7.65. The average Bonchev–Trinajstić information content (AvgIpc) is 2.27. The van der Waals surface area contributed by atoms with E-state index in [2.05, 4.69) is 31.5 Å². The minimum Gasteiger partial charge on any atom is -0.391 e. The van der Waals surface area contributed by atoms with E-state index in [0.29, 0.717) is 6.04 Å². The van der Waals surface area contributed by atoms with Gasteiger partial charge in [-0.3, -0.25) is 0 Å². The minimum atomic E-state index is -0.0982. The smallest absolute Gasteiger partial charge is 0.0695 e. The molecule has 1 N–H and O–H groups in total. The Morgan fingerprint density at radius 3 is 2.62 bits per heavy atom. The summed E-state index contributed by atoms with van der Waals surface area (Å²) in [6, 6.07) is 0.400. The van der Waals surface area contributed by atoms with Gasteiger partial charge in [0.2, 0.25) is 0 Å². The lowest BCUT2D eigenvalue weighted by molar-refractivity contribution is 0.0302. The number of hydrogen-bond acceptors (Lipinski definition) is 3. The predicted molar refractivity (Wildman–Crippen MR) is 73.1 cm³/mol. The Bertz CT molecular complexity index is 189. The van der Waals surface area contributed by atoms with Crippen LogP contribution in [-0.4, -0.2) is 41.5 Å². The lowest BCUT2D eigenvalue weighted by Crippen LogP contribution is -2.43. The number of hydrogen-bond donors (Lipinski definition) is 2. The fourth-order valence-electron chi connectivity index (χ4n) is 2.56. The molecule has 0 aromatic carbocycles. The minimum absolute atomic E-state index is 0.0982. The molecule has 0 radical (unpaired) electrons. The van der Waals surface area contributed by atoms with Gasteiger partial charge in [-0.25, -0.2) is 0 Å². The highest BCUT2D eigenvalue weighted by atomic mass is 32.1. The van der Waals surface area contributed by atoms with Gasteiger partial charge in [0.25, 0.3) is 0 Å². The Labute approximate surface area is 106 Å². The summed E-state index contributed by atoms with van der Waals surface area (Å²) in [5.74, 6) is 1.73. The molecule has 1 aliphatic carbocycles. The fourth-order valence-corrected chi connectivity index (χ4v) is 3.00. The molecular weight excluding hydrogens is 218 g/mol. The SMILES string of the molecule is CC(CCS)CCN(C)C1CCCCC1O. The van der Waals surface area contributed by atoms with Crippen molar-refractivity contribution in [3.8, 4) is 0 Å². The van der Waals surface area contributed by atoms with Crippen LogP contribution in [-0.2, 0) is 0 Å². The Hall–Kier alpha value is 0.270. The summed E-state index contributed by atoms with van der Waals surface area (Å²) in [5.41, 5.74) is 0. The van der Waals surface area contributed by atoms with E-state index in [4.69, 9.17) is 0 Å². The summed E-state index contributed by atoms with van der Waals surface area (Å²) in [5, 5.41) is 9.95. The van der Waals surface area contributed by atoms with E-state index in [1.807, 2.05) is 0 Å². The van der Waals surface area contributed by atoms with Gasteiger partial charge >= 0.3 is 0 Å². The van der Waals surface area contributed by atoms with Crippen molar-refractivity contribution in [2.75, 3.05) is 19.3 Å². The number of thiol groups is 1. The quantitative estimate of drug-likeness (QED) is 0.703. The number of rotatable bonds is 6. The molecule has 0 aromatic rings. The van der Waals surface area contributed by atoms with Gasteiger partial charge in [0, 0.05) is 6.04 Å². The predicted octanol–water partition coefficient (Wildman–Crippen LogP) is 2.57. The van der Waals surface area contributed by atoms with Crippen molar-refractivity contribution in [1.82, 2.24) is 4.90 Å². The lowest BCUT2D eigenvalue weighted by Gasteiger charge is -2.35. The third kappa shape index (κ3) is 4.64. The average molecular weight is 245 g/mol. The van der Waals surface area contributed by atoms with Crippen LogP contribution in [0.3, 0.4) is 0 Å². The van der Waals surface area contributed by atoms with Crippen LogP contribution in [0.25, 0.3) is 0 Å². The molecule has 3 heteroatoms. The zero-order valence-electron chi connectivity index (χ0n) is 10.7. The van der Waals surface area contributed by atoms with Crippen molar-refractivity contribution in [2.45, 2.75) is 57.6 Å². The molecule has 0 saturated heterocycles. The second-order valence-electron chi connectivity index (χ2n) is 5.31. The maximum Gasteiger partial charge on any atom is 0.0695 e. The molecular formula is C13H27NOS. The van der Waals surface area contributed by atoms with E-state index in [1.54, 1.807) is 0 Å². The highest BCUT2D eigenvalue weighted by Crippen LogP contribution is 2.23. The highest BCUT2D eigenvalue weighted by Gasteiger charge is 2.26. The first-order valence-corrected chi connectivity index (χ1v) is 7.27. The van der Waals surface area contributed by atoms with E-state index < -0.39 is 0 Å². The second kappa shape index (κ2) is 7.57. The Balaban J connectivity index is 2.25. The Morgan fingerprint density at radius 2 is 2.00 bits per heavy atom. The summed E-state index contributed by atoms with van der Waals surface area (Å²) in [4.78, 5) is 2.36. The number of aliphatic hydroxyl groups excluding tert-OH is 1. The van der Waals surface area contributed by atoms with Crippen molar-refractivity contribution in [2.24, 2.45) is 5.92 Å². The number of aliphatic hydroxyl groups is 1. The van der Waals surface area contributed by atoms with Crippen molar-refractivity contribution in [3.05, 3.63) is 0 Å². The van der Waals surface area contributed by atoms with Gasteiger partial charge in [0.15, 0.2) is 0 Å². The number of nitrogens with zero attached hydrogens (tertiary/aromatic N) is 1. The first kappa shape index (κ1) is 14.3. The van der Waals surface area contributed by atoms with Gasteiger partial charge in [-0.15, -0.1) is 0 Å². The van der Waals surface area contributed by atoms with E-state index in [1.165, 1.54) is 32.1 Å². The zero-order chi connectivity index (χ0) is 12.0. The molecule has 1 fully saturated rings. The van der Waals surface area contributed by atoms with E-state index in [0.717, 1.165) is 24.6 Å². The van der Waals surface area contributed by atoms with Crippen LogP contribution in [0, 0.1) is 5.92 Å². The van der Waals surface area contributed by atoms with Crippen LogP contribution in [0.4, 0.5) is 0 Å². The van der Waals surface area contributed by atoms with E-state index in [-0.39, 0.29) is 6.10 Å². The molecule has 0 aliphatic heterocycles. The monoisotopic (exact) mass is 245 g/mol. The molecule has 3 atom stereocenters. The second-order valence-corrected chi connectivity index (χ2v) is 5.75. The maximum absolute atomic E-state index is 9.95. The molecule has 2 nitrogen and oxygen atoms in total. The van der Waals surface area contributed by atoms with Gasteiger partial charge in [-0.1, -0.05) is 19.8 Å². The molecule has 96 valence electrons. The molecule has 0 heterocycles. The van der Waals surface area contributed by atoms with Crippen LogP contribution in [0.1, 0.15) is 45.4 Å². The summed E-state index contributed by atoms with van der Waals surface area (Å²) >= 11 is 4.27. The van der Waals surface area contributed by atoms with Crippen LogP contribution in [0.2, 0.25) is 0 Å². The highest BCUT2D eigenvalue weighted by molar-refractivity contribution is 7.80. The first-order valence-electron chi connectivity index (χ1n) is 6.64. The summed E-state index contributed by atoms with van der Waals surface area (Å²) in [6.07, 6.45) is 6.95. The molecule has 1 rings (SSSR count).